The number of phenols is 1. The van der Waals surface area contributed by atoms with E-state index in [1.807, 2.05) is 0 Å². The number of carboxylic acid groups (broad SMARTS) is 1. The quantitative estimate of drug-likeness (QED) is 0.803. The standard InChI is InChI=1S/C14H10FNO4/c15-9-3-6-11(12(17)7-9)13(18)16-10-4-1-8(2-5-10)14(19)20/h1-7,17H,(H,16,18)(H,19,20). The van der Waals surface area contributed by atoms with Crippen molar-refractivity contribution in [3.8, 4) is 5.75 Å². The van der Waals surface area contributed by atoms with Crippen LogP contribution < -0.4 is 5.32 Å². The number of anilines is 1. The van der Waals surface area contributed by atoms with Crippen LogP contribution in [0.1, 0.15) is 20.7 Å². The lowest BCUT2D eigenvalue weighted by Crippen LogP contribution is -2.12. The van der Waals surface area contributed by atoms with Crippen molar-refractivity contribution in [3.05, 3.63) is 59.4 Å². The molecule has 0 saturated carbocycles. The zero-order valence-electron chi connectivity index (χ0n) is 10.1. The maximum atomic E-state index is 12.8. The summed E-state index contributed by atoms with van der Waals surface area (Å²) in [6.45, 7) is 0. The first-order chi connectivity index (χ1) is 9.47. The van der Waals surface area contributed by atoms with Gasteiger partial charge in [0.2, 0.25) is 0 Å². The third-order valence-corrected chi connectivity index (χ3v) is 2.59. The highest BCUT2D eigenvalue weighted by Gasteiger charge is 2.12. The van der Waals surface area contributed by atoms with Crippen molar-refractivity contribution in [1.29, 1.82) is 0 Å². The van der Waals surface area contributed by atoms with E-state index in [1.165, 1.54) is 24.3 Å². The third-order valence-electron chi connectivity index (χ3n) is 2.59. The van der Waals surface area contributed by atoms with Crippen LogP contribution in [0.2, 0.25) is 0 Å². The average Bonchev–Trinajstić information content (AvgIpc) is 2.39. The average molecular weight is 275 g/mol. The molecule has 0 atom stereocenters. The van der Waals surface area contributed by atoms with Crippen molar-refractivity contribution in [2.45, 2.75) is 0 Å². The second kappa shape index (κ2) is 5.40. The number of benzene rings is 2. The first-order valence-corrected chi connectivity index (χ1v) is 5.60. The fraction of sp³-hybridized carbons (Fsp3) is 0. The van der Waals surface area contributed by atoms with Gasteiger partial charge in [-0.05, 0) is 36.4 Å². The van der Waals surface area contributed by atoms with Gasteiger partial charge in [-0.1, -0.05) is 0 Å². The van der Waals surface area contributed by atoms with Crippen LogP contribution in [0, 0.1) is 5.82 Å². The second-order valence-corrected chi connectivity index (χ2v) is 4.00. The van der Waals surface area contributed by atoms with Gasteiger partial charge in [-0.25, -0.2) is 9.18 Å². The number of halogens is 1. The monoisotopic (exact) mass is 275 g/mol. The number of carbonyl (C=O) groups excluding carboxylic acids is 1. The first kappa shape index (κ1) is 13.5. The molecule has 0 aromatic heterocycles. The van der Waals surface area contributed by atoms with Crippen molar-refractivity contribution in [3.63, 3.8) is 0 Å². The van der Waals surface area contributed by atoms with E-state index in [0.29, 0.717) is 5.69 Å². The summed E-state index contributed by atoms with van der Waals surface area (Å²) in [6.07, 6.45) is 0. The van der Waals surface area contributed by atoms with E-state index in [1.54, 1.807) is 0 Å². The van der Waals surface area contributed by atoms with Crippen molar-refractivity contribution < 1.29 is 24.2 Å². The van der Waals surface area contributed by atoms with Crippen LogP contribution in [0.4, 0.5) is 10.1 Å². The highest BCUT2D eigenvalue weighted by molar-refractivity contribution is 6.06. The van der Waals surface area contributed by atoms with Crippen LogP contribution >= 0.6 is 0 Å². The van der Waals surface area contributed by atoms with Gasteiger partial charge in [0.25, 0.3) is 5.91 Å². The molecule has 0 aliphatic carbocycles. The maximum absolute atomic E-state index is 12.8. The number of phenolic OH excluding ortho intramolecular Hbond substituents is 1. The van der Waals surface area contributed by atoms with Gasteiger partial charge in [-0.3, -0.25) is 4.79 Å². The molecule has 2 rings (SSSR count). The smallest absolute Gasteiger partial charge is 0.335 e. The van der Waals surface area contributed by atoms with Crippen LogP contribution in [0.3, 0.4) is 0 Å². The van der Waals surface area contributed by atoms with Crippen molar-refractivity contribution in [2.24, 2.45) is 0 Å². The van der Waals surface area contributed by atoms with E-state index in [4.69, 9.17) is 5.11 Å². The molecule has 0 unspecified atom stereocenters. The van der Waals surface area contributed by atoms with Gasteiger partial charge >= 0.3 is 5.97 Å². The van der Waals surface area contributed by atoms with Crippen LogP contribution in [0.5, 0.6) is 5.75 Å². The summed E-state index contributed by atoms with van der Waals surface area (Å²) in [7, 11) is 0. The minimum atomic E-state index is -1.07. The Morgan fingerprint density at radius 3 is 2.25 bits per heavy atom. The molecule has 2 aromatic rings. The molecule has 0 spiro atoms. The molecule has 0 radical (unpaired) electrons. The number of aromatic carboxylic acids is 1. The van der Waals surface area contributed by atoms with E-state index in [9.17, 15) is 19.1 Å². The Hall–Kier alpha value is -2.89. The summed E-state index contributed by atoms with van der Waals surface area (Å²) in [4.78, 5) is 22.5. The number of hydrogen-bond donors (Lipinski definition) is 3. The summed E-state index contributed by atoms with van der Waals surface area (Å²) < 4.78 is 12.8. The normalized spacial score (nSPS) is 10.1. The summed E-state index contributed by atoms with van der Waals surface area (Å²) in [5, 5.41) is 20.7. The predicted molar refractivity (Wildman–Crippen MR) is 69.4 cm³/mol. The number of amides is 1. The van der Waals surface area contributed by atoms with E-state index < -0.39 is 23.4 Å². The molecule has 20 heavy (non-hydrogen) atoms. The number of carboxylic acids is 1. The molecule has 0 aliphatic heterocycles. The molecule has 102 valence electrons. The molecule has 1 amide bonds. The molecule has 0 fully saturated rings. The molecule has 0 heterocycles. The highest BCUT2D eigenvalue weighted by Crippen LogP contribution is 2.20. The topological polar surface area (TPSA) is 86.6 Å². The van der Waals surface area contributed by atoms with Crippen molar-refractivity contribution >= 4 is 17.6 Å². The van der Waals surface area contributed by atoms with E-state index >= 15 is 0 Å². The number of aromatic hydroxyl groups is 1. The molecule has 0 saturated heterocycles. The Morgan fingerprint density at radius 1 is 1.05 bits per heavy atom. The van der Waals surface area contributed by atoms with Gasteiger partial charge in [0.15, 0.2) is 0 Å². The van der Waals surface area contributed by atoms with Crippen molar-refractivity contribution in [2.75, 3.05) is 5.32 Å². The maximum Gasteiger partial charge on any atom is 0.335 e. The number of rotatable bonds is 3. The van der Waals surface area contributed by atoms with Gasteiger partial charge in [-0.2, -0.15) is 0 Å². The fourth-order valence-electron chi connectivity index (χ4n) is 1.59. The molecule has 5 nitrogen and oxygen atoms in total. The van der Waals surface area contributed by atoms with Crippen LogP contribution in [-0.4, -0.2) is 22.1 Å². The molecule has 3 N–H and O–H groups in total. The molecular formula is C14H10FNO4. The van der Waals surface area contributed by atoms with Gasteiger partial charge in [-0.15, -0.1) is 0 Å². The lowest BCUT2D eigenvalue weighted by atomic mass is 10.1. The third kappa shape index (κ3) is 2.92. The highest BCUT2D eigenvalue weighted by atomic mass is 19.1. The Bertz CT molecular complexity index is 667. The van der Waals surface area contributed by atoms with Crippen LogP contribution in [0.25, 0.3) is 0 Å². The largest absolute Gasteiger partial charge is 0.507 e. The molecule has 0 aliphatic rings. The van der Waals surface area contributed by atoms with Crippen molar-refractivity contribution in [1.82, 2.24) is 0 Å². The second-order valence-electron chi connectivity index (χ2n) is 4.00. The Kier molecular flexibility index (Phi) is 3.65. The minimum Gasteiger partial charge on any atom is -0.507 e. The van der Waals surface area contributed by atoms with Crippen LogP contribution in [0.15, 0.2) is 42.5 Å². The summed E-state index contributed by atoms with van der Waals surface area (Å²) in [6, 6.07) is 8.56. The van der Waals surface area contributed by atoms with E-state index in [-0.39, 0.29) is 11.1 Å². The number of carbonyl (C=O) groups is 2. The number of nitrogens with one attached hydrogen (secondary N) is 1. The molecular weight excluding hydrogens is 265 g/mol. The molecule has 0 bridgehead atoms. The van der Waals surface area contributed by atoms with Gasteiger partial charge in [0, 0.05) is 11.8 Å². The SMILES string of the molecule is O=C(O)c1ccc(NC(=O)c2ccc(F)cc2O)cc1. The first-order valence-electron chi connectivity index (χ1n) is 5.60. The van der Waals surface area contributed by atoms with Gasteiger partial charge in [0.1, 0.15) is 11.6 Å². The summed E-state index contributed by atoms with van der Waals surface area (Å²) in [5.74, 6) is -2.81. The fourth-order valence-corrected chi connectivity index (χ4v) is 1.59. The number of hydrogen-bond acceptors (Lipinski definition) is 3. The summed E-state index contributed by atoms with van der Waals surface area (Å²) >= 11 is 0. The van der Waals surface area contributed by atoms with Gasteiger partial charge < -0.3 is 15.5 Å². The lowest BCUT2D eigenvalue weighted by Gasteiger charge is -2.07. The van der Waals surface area contributed by atoms with Gasteiger partial charge in [0.05, 0.1) is 11.1 Å². The Balaban J connectivity index is 2.17. The van der Waals surface area contributed by atoms with E-state index in [2.05, 4.69) is 5.32 Å². The van der Waals surface area contributed by atoms with Crippen LogP contribution in [-0.2, 0) is 0 Å². The zero-order valence-corrected chi connectivity index (χ0v) is 10.1. The lowest BCUT2D eigenvalue weighted by molar-refractivity contribution is 0.0696. The zero-order chi connectivity index (χ0) is 14.7. The molecule has 6 heteroatoms. The predicted octanol–water partition coefficient (Wildman–Crippen LogP) is 2.48. The Morgan fingerprint density at radius 2 is 1.70 bits per heavy atom. The molecule has 2 aromatic carbocycles. The Labute approximate surface area is 113 Å². The van der Waals surface area contributed by atoms with E-state index in [0.717, 1.165) is 18.2 Å². The summed E-state index contributed by atoms with van der Waals surface area (Å²) in [5.41, 5.74) is 0.380. The minimum absolute atomic E-state index is 0.0753.